The van der Waals surface area contributed by atoms with Crippen LogP contribution in [0.4, 0.5) is 11.4 Å². The Morgan fingerprint density at radius 1 is 1.29 bits per heavy atom. The third-order valence-corrected chi connectivity index (χ3v) is 4.51. The van der Waals surface area contributed by atoms with Crippen LogP contribution >= 0.6 is 0 Å². The number of hydrogen-bond acceptors (Lipinski definition) is 3. The molecule has 21 heavy (non-hydrogen) atoms. The van der Waals surface area contributed by atoms with Gasteiger partial charge in [-0.05, 0) is 62.8 Å². The topological polar surface area (TPSA) is 58.4 Å². The Labute approximate surface area is 127 Å². The van der Waals surface area contributed by atoms with E-state index in [1.165, 1.54) is 5.56 Å². The van der Waals surface area contributed by atoms with Crippen molar-refractivity contribution in [3.05, 3.63) is 23.8 Å². The van der Waals surface area contributed by atoms with Crippen molar-refractivity contribution < 1.29 is 4.79 Å². The maximum Gasteiger partial charge on any atom is 0.227 e. The molecule has 0 heterocycles. The molecule has 1 fully saturated rings. The number of hydrogen-bond donors (Lipinski definition) is 2. The molecule has 0 saturated heterocycles. The van der Waals surface area contributed by atoms with Crippen molar-refractivity contribution in [2.45, 2.75) is 32.6 Å². The molecule has 4 heteroatoms. The third-order valence-electron chi connectivity index (χ3n) is 4.51. The Morgan fingerprint density at radius 3 is 2.52 bits per heavy atom. The van der Waals surface area contributed by atoms with E-state index >= 15 is 0 Å². The summed E-state index contributed by atoms with van der Waals surface area (Å²) in [5.41, 5.74) is 8.93. The van der Waals surface area contributed by atoms with Crippen LogP contribution in [0.3, 0.4) is 0 Å². The van der Waals surface area contributed by atoms with Gasteiger partial charge in [-0.1, -0.05) is 6.07 Å². The highest BCUT2D eigenvalue weighted by Gasteiger charge is 2.25. The van der Waals surface area contributed by atoms with Gasteiger partial charge in [0.05, 0.1) is 0 Å². The minimum atomic E-state index is 0.136. The van der Waals surface area contributed by atoms with Crippen molar-refractivity contribution in [2.24, 2.45) is 17.6 Å². The highest BCUT2D eigenvalue weighted by atomic mass is 16.1. The van der Waals surface area contributed by atoms with E-state index in [-0.39, 0.29) is 11.8 Å². The van der Waals surface area contributed by atoms with Crippen molar-refractivity contribution in [3.63, 3.8) is 0 Å². The first-order valence-corrected chi connectivity index (χ1v) is 7.80. The number of nitrogens with one attached hydrogen (secondary N) is 1. The quantitative estimate of drug-likeness (QED) is 0.896. The number of nitrogens with two attached hydrogens (primary N) is 1. The van der Waals surface area contributed by atoms with E-state index in [4.69, 9.17) is 5.73 Å². The molecule has 1 aromatic rings. The van der Waals surface area contributed by atoms with Gasteiger partial charge in [0.2, 0.25) is 5.91 Å². The minimum Gasteiger partial charge on any atom is -0.377 e. The molecule has 4 nitrogen and oxygen atoms in total. The molecule has 1 aliphatic rings. The van der Waals surface area contributed by atoms with Crippen LogP contribution in [0.5, 0.6) is 0 Å². The van der Waals surface area contributed by atoms with Crippen LogP contribution in [0, 0.1) is 18.8 Å². The summed E-state index contributed by atoms with van der Waals surface area (Å²) in [4.78, 5) is 14.4. The fourth-order valence-electron chi connectivity index (χ4n) is 3.07. The average Bonchev–Trinajstić information content (AvgIpc) is 2.49. The smallest absolute Gasteiger partial charge is 0.227 e. The molecule has 116 valence electrons. The van der Waals surface area contributed by atoms with Crippen molar-refractivity contribution in [3.8, 4) is 0 Å². The first kappa shape index (κ1) is 15.8. The number of aryl methyl sites for hydroxylation is 1. The van der Waals surface area contributed by atoms with Crippen LogP contribution in [-0.4, -0.2) is 26.5 Å². The van der Waals surface area contributed by atoms with Gasteiger partial charge in [0.1, 0.15) is 0 Å². The minimum absolute atomic E-state index is 0.136. The van der Waals surface area contributed by atoms with Gasteiger partial charge in [0.15, 0.2) is 0 Å². The Bertz CT molecular complexity index is 491. The van der Waals surface area contributed by atoms with Gasteiger partial charge in [-0.3, -0.25) is 4.79 Å². The molecule has 1 aliphatic carbocycles. The molecule has 0 aromatic heterocycles. The molecule has 1 aromatic carbocycles. The molecule has 0 radical (unpaired) electrons. The second-order valence-electron chi connectivity index (χ2n) is 6.34. The van der Waals surface area contributed by atoms with Gasteiger partial charge in [0, 0.05) is 31.4 Å². The summed E-state index contributed by atoms with van der Waals surface area (Å²) in [7, 11) is 4.03. The number of benzene rings is 1. The van der Waals surface area contributed by atoms with Crippen molar-refractivity contribution in [1.82, 2.24) is 0 Å². The van der Waals surface area contributed by atoms with Crippen molar-refractivity contribution in [1.29, 1.82) is 0 Å². The van der Waals surface area contributed by atoms with Gasteiger partial charge in [-0.2, -0.15) is 0 Å². The molecule has 0 unspecified atom stereocenters. The predicted octanol–water partition coefficient (Wildman–Crippen LogP) is 2.76. The fraction of sp³-hybridized carbons (Fsp3) is 0.588. The summed E-state index contributed by atoms with van der Waals surface area (Å²) >= 11 is 0. The summed E-state index contributed by atoms with van der Waals surface area (Å²) in [5, 5.41) is 3.07. The standard InChI is InChI=1S/C17H27N3O/c1-12-4-9-15(10-16(12)20(2)3)19-17(21)14-7-5-13(11-18)6-8-14/h4,9-10,13-14H,5-8,11,18H2,1-3H3,(H,19,21). The van der Waals surface area contributed by atoms with E-state index in [1.54, 1.807) is 0 Å². The average molecular weight is 289 g/mol. The zero-order chi connectivity index (χ0) is 15.4. The Kier molecular flexibility index (Phi) is 5.23. The molecule has 2 rings (SSSR count). The number of anilines is 2. The Balaban J connectivity index is 1.98. The summed E-state index contributed by atoms with van der Waals surface area (Å²) in [6.07, 6.45) is 4.07. The van der Waals surface area contributed by atoms with Crippen molar-refractivity contribution >= 4 is 17.3 Å². The SMILES string of the molecule is Cc1ccc(NC(=O)C2CCC(CN)CC2)cc1N(C)C. The van der Waals surface area contributed by atoms with Gasteiger partial charge in [0.25, 0.3) is 0 Å². The molecule has 0 atom stereocenters. The van der Waals surface area contributed by atoms with Gasteiger partial charge in [-0.25, -0.2) is 0 Å². The normalized spacial score (nSPS) is 21.9. The van der Waals surface area contributed by atoms with Crippen LogP contribution in [0.1, 0.15) is 31.2 Å². The van der Waals surface area contributed by atoms with Gasteiger partial charge in [-0.15, -0.1) is 0 Å². The number of amides is 1. The van der Waals surface area contributed by atoms with E-state index < -0.39 is 0 Å². The largest absolute Gasteiger partial charge is 0.377 e. The molecular formula is C17H27N3O. The molecule has 1 amide bonds. The van der Waals surface area contributed by atoms with E-state index in [0.29, 0.717) is 5.92 Å². The lowest BCUT2D eigenvalue weighted by Crippen LogP contribution is -2.29. The molecule has 0 bridgehead atoms. The fourth-order valence-corrected chi connectivity index (χ4v) is 3.07. The predicted molar refractivity (Wildman–Crippen MR) is 88.6 cm³/mol. The maximum absolute atomic E-state index is 12.4. The van der Waals surface area contributed by atoms with E-state index in [1.807, 2.05) is 26.2 Å². The lowest BCUT2D eigenvalue weighted by Gasteiger charge is -2.27. The first-order valence-electron chi connectivity index (χ1n) is 7.80. The lowest BCUT2D eigenvalue weighted by molar-refractivity contribution is -0.121. The number of rotatable bonds is 4. The van der Waals surface area contributed by atoms with Crippen molar-refractivity contribution in [2.75, 3.05) is 30.9 Å². The zero-order valence-electron chi connectivity index (χ0n) is 13.4. The number of carbonyl (C=O) groups excluding carboxylic acids is 1. The van der Waals surface area contributed by atoms with Crippen LogP contribution in [0.2, 0.25) is 0 Å². The first-order chi connectivity index (χ1) is 10.0. The summed E-state index contributed by atoms with van der Waals surface area (Å²) in [6.45, 7) is 2.83. The monoisotopic (exact) mass is 289 g/mol. The van der Waals surface area contributed by atoms with E-state index in [2.05, 4.69) is 23.2 Å². The van der Waals surface area contributed by atoms with Gasteiger partial charge >= 0.3 is 0 Å². The van der Waals surface area contributed by atoms with E-state index in [0.717, 1.165) is 43.6 Å². The number of nitrogens with zero attached hydrogens (tertiary/aromatic N) is 1. The zero-order valence-corrected chi connectivity index (χ0v) is 13.4. The second kappa shape index (κ2) is 6.94. The van der Waals surface area contributed by atoms with Crippen LogP contribution < -0.4 is 16.0 Å². The third kappa shape index (κ3) is 3.97. The van der Waals surface area contributed by atoms with Crippen LogP contribution in [0.25, 0.3) is 0 Å². The molecule has 0 spiro atoms. The van der Waals surface area contributed by atoms with E-state index in [9.17, 15) is 4.79 Å². The highest BCUT2D eigenvalue weighted by Crippen LogP contribution is 2.29. The van der Waals surface area contributed by atoms with Crippen LogP contribution in [0.15, 0.2) is 18.2 Å². The summed E-state index contributed by atoms with van der Waals surface area (Å²) in [6, 6.07) is 6.07. The highest BCUT2D eigenvalue weighted by molar-refractivity contribution is 5.93. The molecule has 0 aliphatic heterocycles. The van der Waals surface area contributed by atoms with Crippen LogP contribution in [-0.2, 0) is 4.79 Å². The summed E-state index contributed by atoms with van der Waals surface area (Å²) in [5.74, 6) is 0.893. The Morgan fingerprint density at radius 2 is 1.95 bits per heavy atom. The summed E-state index contributed by atoms with van der Waals surface area (Å²) < 4.78 is 0. The second-order valence-corrected chi connectivity index (χ2v) is 6.34. The van der Waals surface area contributed by atoms with Gasteiger partial charge < -0.3 is 16.0 Å². The number of carbonyl (C=O) groups is 1. The molecule has 3 N–H and O–H groups in total. The lowest BCUT2D eigenvalue weighted by atomic mass is 9.81. The molecular weight excluding hydrogens is 262 g/mol. The maximum atomic E-state index is 12.4. The Hall–Kier alpha value is -1.55. The molecule has 1 saturated carbocycles.